The molecule has 1 heterocycles. The number of ether oxygens (including phenoxy) is 1. The zero-order chi connectivity index (χ0) is 22.0. The second kappa shape index (κ2) is 7.02. The Morgan fingerprint density at radius 3 is 2.61 bits per heavy atom. The molecule has 0 saturated carbocycles. The summed E-state index contributed by atoms with van der Waals surface area (Å²) >= 11 is 3.18. The van der Waals surface area contributed by atoms with Gasteiger partial charge in [0.15, 0.2) is 23.1 Å². The molecular weight excluding hydrogens is 466 g/mol. The fourth-order valence-corrected chi connectivity index (χ4v) is 5.83. The SMILES string of the molecule is COc1ccc(C2C3=CCC4C(=O)NC(=O)C4C3CC3=C2C(=O)C=C(Br)C3=O)cc1O. The van der Waals surface area contributed by atoms with E-state index in [1.165, 1.54) is 19.3 Å². The molecule has 158 valence electrons. The van der Waals surface area contributed by atoms with Crippen molar-refractivity contribution in [2.45, 2.75) is 18.8 Å². The van der Waals surface area contributed by atoms with E-state index in [0.717, 1.165) is 5.57 Å². The highest BCUT2D eigenvalue weighted by atomic mass is 79.9. The van der Waals surface area contributed by atoms with Gasteiger partial charge in [0, 0.05) is 23.1 Å². The van der Waals surface area contributed by atoms with Crippen LogP contribution < -0.4 is 10.1 Å². The van der Waals surface area contributed by atoms with E-state index < -0.39 is 17.8 Å². The predicted molar refractivity (Wildman–Crippen MR) is 112 cm³/mol. The molecule has 4 aliphatic rings. The number of halogens is 1. The van der Waals surface area contributed by atoms with E-state index in [4.69, 9.17) is 4.74 Å². The van der Waals surface area contributed by atoms with Gasteiger partial charge in [0.1, 0.15) is 0 Å². The maximum absolute atomic E-state index is 13.0. The van der Waals surface area contributed by atoms with Crippen molar-refractivity contribution in [2.75, 3.05) is 7.11 Å². The number of amides is 2. The van der Waals surface area contributed by atoms with Crippen molar-refractivity contribution in [3.05, 3.63) is 57.1 Å². The first-order valence-electron chi connectivity index (χ1n) is 9.92. The van der Waals surface area contributed by atoms with E-state index in [-0.39, 0.29) is 51.7 Å². The molecule has 2 N–H and O–H groups in total. The number of allylic oxidation sites excluding steroid dienone is 6. The van der Waals surface area contributed by atoms with Gasteiger partial charge in [-0.3, -0.25) is 24.5 Å². The Hall–Kier alpha value is -3.00. The number of ketones is 2. The number of carbonyl (C=O) groups excluding carboxylic acids is 4. The molecule has 1 aliphatic heterocycles. The summed E-state index contributed by atoms with van der Waals surface area (Å²) in [4.78, 5) is 50.9. The Morgan fingerprint density at radius 2 is 1.90 bits per heavy atom. The van der Waals surface area contributed by atoms with Crippen LogP contribution in [0, 0.1) is 17.8 Å². The lowest BCUT2D eigenvalue weighted by Gasteiger charge is -2.42. The van der Waals surface area contributed by atoms with E-state index >= 15 is 0 Å². The molecule has 3 aliphatic carbocycles. The molecule has 31 heavy (non-hydrogen) atoms. The Labute approximate surface area is 186 Å². The number of benzene rings is 1. The fraction of sp³-hybridized carbons (Fsp3) is 0.304. The van der Waals surface area contributed by atoms with Gasteiger partial charge in [-0.1, -0.05) is 17.7 Å². The van der Waals surface area contributed by atoms with Crippen LogP contribution in [0.4, 0.5) is 0 Å². The first kappa shape index (κ1) is 19.9. The number of phenols is 1. The highest BCUT2D eigenvalue weighted by Gasteiger charge is 2.53. The number of carbonyl (C=O) groups is 4. The maximum atomic E-state index is 13.0. The largest absolute Gasteiger partial charge is 0.504 e. The molecule has 2 amide bonds. The van der Waals surface area contributed by atoms with Crippen molar-refractivity contribution in [3.8, 4) is 11.5 Å². The average Bonchev–Trinajstić information content (AvgIpc) is 3.04. The quantitative estimate of drug-likeness (QED) is 0.379. The topological polar surface area (TPSA) is 110 Å². The number of imide groups is 1. The number of hydrogen-bond acceptors (Lipinski definition) is 6. The lowest BCUT2D eigenvalue weighted by atomic mass is 9.59. The standard InChI is InChI=1S/C23H18BrNO6/c1-31-17-5-2-9(6-15(17)26)18-10-3-4-11-19(23(30)25-22(11)29)12(10)7-13-20(18)16(27)8-14(24)21(13)28/h2-3,5-6,8,11-12,18-19,26H,4,7H2,1H3,(H,25,29,30). The van der Waals surface area contributed by atoms with Crippen LogP contribution in [-0.4, -0.2) is 35.6 Å². The highest BCUT2D eigenvalue weighted by Crippen LogP contribution is 2.54. The third-order valence-electron chi connectivity index (χ3n) is 6.71. The van der Waals surface area contributed by atoms with Crippen LogP contribution in [0.1, 0.15) is 24.3 Å². The van der Waals surface area contributed by atoms with Crippen LogP contribution in [-0.2, 0) is 19.2 Å². The summed E-state index contributed by atoms with van der Waals surface area (Å²) in [6.07, 6.45) is 3.80. The summed E-state index contributed by atoms with van der Waals surface area (Å²) in [7, 11) is 1.44. The van der Waals surface area contributed by atoms with Gasteiger partial charge in [0.25, 0.3) is 0 Å². The minimum Gasteiger partial charge on any atom is -0.504 e. The van der Waals surface area contributed by atoms with Crippen LogP contribution >= 0.6 is 15.9 Å². The van der Waals surface area contributed by atoms with Crippen molar-refractivity contribution in [3.63, 3.8) is 0 Å². The van der Waals surface area contributed by atoms with Gasteiger partial charge < -0.3 is 9.84 Å². The van der Waals surface area contributed by atoms with Crippen LogP contribution in [0.5, 0.6) is 11.5 Å². The smallest absolute Gasteiger partial charge is 0.231 e. The van der Waals surface area contributed by atoms with E-state index in [0.29, 0.717) is 23.1 Å². The zero-order valence-electron chi connectivity index (χ0n) is 16.5. The third kappa shape index (κ3) is 2.85. The molecule has 1 fully saturated rings. The van der Waals surface area contributed by atoms with Crippen LogP contribution in [0.3, 0.4) is 0 Å². The number of hydrogen-bond donors (Lipinski definition) is 2. The highest BCUT2D eigenvalue weighted by molar-refractivity contribution is 9.12. The molecule has 1 aromatic carbocycles. The minimum absolute atomic E-state index is 0.0846. The molecule has 1 aromatic rings. The molecule has 1 saturated heterocycles. The number of Topliss-reactive ketones (excluding diaryl/α,β-unsaturated/α-hetero) is 1. The molecule has 8 heteroatoms. The minimum atomic E-state index is -0.594. The van der Waals surface area contributed by atoms with Gasteiger partial charge in [-0.25, -0.2) is 0 Å². The molecule has 4 atom stereocenters. The summed E-state index contributed by atoms with van der Waals surface area (Å²) < 4.78 is 5.31. The lowest BCUT2D eigenvalue weighted by molar-refractivity contribution is -0.126. The Bertz CT molecular complexity index is 1180. The van der Waals surface area contributed by atoms with E-state index in [1.54, 1.807) is 12.1 Å². The molecule has 7 nitrogen and oxygen atoms in total. The van der Waals surface area contributed by atoms with Crippen LogP contribution in [0.25, 0.3) is 0 Å². The van der Waals surface area contributed by atoms with Crippen molar-refractivity contribution in [1.82, 2.24) is 5.32 Å². The van der Waals surface area contributed by atoms with Gasteiger partial charge >= 0.3 is 0 Å². The third-order valence-corrected chi connectivity index (χ3v) is 7.30. The first-order chi connectivity index (χ1) is 14.8. The number of methoxy groups -OCH3 is 1. The molecule has 5 rings (SSSR count). The first-order valence-corrected chi connectivity index (χ1v) is 10.7. The second-order valence-electron chi connectivity index (χ2n) is 8.18. The summed E-state index contributed by atoms with van der Waals surface area (Å²) in [6.45, 7) is 0. The molecule has 0 spiro atoms. The summed E-state index contributed by atoms with van der Waals surface area (Å²) in [5.74, 6) is -3.03. The summed E-state index contributed by atoms with van der Waals surface area (Å²) in [5, 5.41) is 12.8. The van der Waals surface area contributed by atoms with Gasteiger partial charge in [-0.2, -0.15) is 0 Å². The number of fused-ring (bicyclic) bond motifs is 3. The molecular formula is C23H18BrNO6. The summed E-state index contributed by atoms with van der Waals surface area (Å²) in [6, 6.07) is 4.87. The van der Waals surface area contributed by atoms with Gasteiger partial charge in [-0.05, 0) is 52.4 Å². The number of aromatic hydroxyl groups is 1. The predicted octanol–water partition coefficient (Wildman–Crippen LogP) is 2.45. The molecule has 4 unspecified atom stereocenters. The van der Waals surface area contributed by atoms with E-state index in [9.17, 15) is 24.3 Å². The van der Waals surface area contributed by atoms with Gasteiger partial charge in [-0.15, -0.1) is 0 Å². The Morgan fingerprint density at radius 1 is 1.13 bits per heavy atom. The van der Waals surface area contributed by atoms with E-state index in [2.05, 4.69) is 21.2 Å². The normalized spacial score (nSPS) is 29.6. The van der Waals surface area contributed by atoms with Crippen molar-refractivity contribution in [2.24, 2.45) is 17.8 Å². The molecule has 0 radical (unpaired) electrons. The summed E-state index contributed by atoms with van der Waals surface area (Å²) in [5.41, 5.74) is 2.18. The maximum Gasteiger partial charge on any atom is 0.231 e. The van der Waals surface area contributed by atoms with Crippen LogP contribution in [0.2, 0.25) is 0 Å². The van der Waals surface area contributed by atoms with Crippen molar-refractivity contribution in [1.29, 1.82) is 0 Å². The van der Waals surface area contributed by atoms with Gasteiger partial charge in [0.05, 0.1) is 23.4 Å². The van der Waals surface area contributed by atoms with Crippen molar-refractivity contribution < 1.29 is 29.0 Å². The fourth-order valence-electron chi connectivity index (χ4n) is 5.38. The Kier molecular flexibility index (Phi) is 4.51. The Balaban J connectivity index is 1.71. The average molecular weight is 484 g/mol. The van der Waals surface area contributed by atoms with E-state index in [1.807, 2.05) is 6.08 Å². The number of rotatable bonds is 2. The van der Waals surface area contributed by atoms with Crippen molar-refractivity contribution >= 4 is 39.3 Å². The zero-order valence-corrected chi connectivity index (χ0v) is 18.1. The molecule has 0 bridgehead atoms. The number of nitrogens with one attached hydrogen (secondary N) is 1. The van der Waals surface area contributed by atoms with Gasteiger partial charge in [0.2, 0.25) is 11.8 Å². The van der Waals surface area contributed by atoms with Crippen LogP contribution in [0.15, 0.2) is 51.6 Å². The second-order valence-corrected chi connectivity index (χ2v) is 9.03. The lowest BCUT2D eigenvalue weighted by Crippen LogP contribution is -2.39. The monoisotopic (exact) mass is 483 g/mol. The molecule has 0 aromatic heterocycles. The number of phenolic OH excluding ortho intramolecular Hbond substituents is 1.